The highest BCUT2D eigenvalue weighted by Crippen LogP contribution is 2.31. The molecule has 0 aliphatic carbocycles. The van der Waals surface area contributed by atoms with Crippen molar-refractivity contribution in [1.82, 2.24) is 10.1 Å². The third-order valence-corrected chi connectivity index (χ3v) is 5.51. The average Bonchev–Trinajstić information content (AvgIpc) is 2.96. The first kappa shape index (κ1) is 16.7. The molecule has 2 fully saturated rings. The van der Waals surface area contributed by atoms with Crippen LogP contribution in [0.15, 0.2) is 22.7 Å². The Labute approximate surface area is 145 Å². The van der Waals surface area contributed by atoms with Gasteiger partial charge in [-0.25, -0.2) is 4.39 Å². The number of fused-ring (bicyclic) bond motifs is 2. The Bertz CT molecular complexity index is 885. The van der Waals surface area contributed by atoms with Crippen molar-refractivity contribution in [2.45, 2.75) is 25.0 Å². The van der Waals surface area contributed by atoms with E-state index in [0.29, 0.717) is 35.8 Å². The van der Waals surface area contributed by atoms with Crippen molar-refractivity contribution >= 4 is 26.9 Å². The lowest BCUT2D eigenvalue weighted by Crippen LogP contribution is -2.58. The Morgan fingerprint density at radius 1 is 1.28 bits per heavy atom. The zero-order chi connectivity index (χ0) is 17.6. The number of piperazine rings is 1. The van der Waals surface area contributed by atoms with Crippen LogP contribution in [0, 0.1) is 5.82 Å². The lowest BCUT2D eigenvalue weighted by Gasteiger charge is -2.45. The van der Waals surface area contributed by atoms with Gasteiger partial charge in [0.05, 0.1) is 17.7 Å². The van der Waals surface area contributed by atoms with Gasteiger partial charge in [-0.3, -0.25) is 9.08 Å². The van der Waals surface area contributed by atoms with Crippen LogP contribution < -0.4 is 4.90 Å². The lowest BCUT2D eigenvalue weighted by atomic mass is 9.97. The molecule has 0 bridgehead atoms. The maximum Gasteiger partial charge on any atom is 0.264 e. The summed E-state index contributed by atoms with van der Waals surface area (Å²) in [5, 5.41) is 4.81. The molecule has 2 atom stereocenters. The van der Waals surface area contributed by atoms with Gasteiger partial charge in [0.1, 0.15) is 5.82 Å². The van der Waals surface area contributed by atoms with Crippen LogP contribution in [0.1, 0.15) is 12.8 Å². The van der Waals surface area contributed by atoms with Crippen LogP contribution in [0.3, 0.4) is 0 Å². The summed E-state index contributed by atoms with van der Waals surface area (Å²) in [4.78, 5) is 4.38. The van der Waals surface area contributed by atoms with Crippen LogP contribution >= 0.6 is 0 Å². The number of halogens is 1. The summed E-state index contributed by atoms with van der Waals surface area (Å²) in [6.45, 7) is 2.86. The Kier molecular flexibility index (Phi) is 4.17. The predicted molar refractivity (Wildman–Crippen MR) is 90.5 cm³/mol. The summed E-state index contributed by atoms with van der Waals surface area (Å²) in [5.74, 6) is 0.359. The topological polar surface area (TPSA) is 75.9 Å². The first-order valence-corrected chi connectivity index (χ1v) is 10.1. The molecule has 25 heavy (non-hydrogen) atoms. The number of hydrogen-bond acceptors (Lipinski definition) is 7. The summed E-state index contributed by atoms with van der Waals surface area (Å²) < 4.78 is 46.6. The number of piperidine rings is 1. The van der Waals surface area contributed by atoms with E-state index in [-0.39, 0.29) is 11.9 Å². The van der Waals surface area contributed by atoms with Crippen LogP contribution in [0.4, 0.5) is 10.2 Å². The molecule has 1 aromatic carbocycles. The number of hydrogen-bond donors (Lipinski definition) is 0. The first-order valence-electron chi connectivity index (χ1n) is 8.31. The van der Waals surface area contributed by atoms with Gasteiger partial charge in [0, 0.05) is 32.2 Å². The minimum Gasteiger partial charge on any atom is -0.354 e. The molecule has 2 aromatic rings. The van der Waals surface area contributed by atoms with Crippen molar-refractivity contribution in [1.29, 1.82) is 0 Å². The molecule has 2 aliphatic rings. The molecule has 0 amide bonds. The Hall–Kier alpha value is -1.71. The summed E-state index contributed by atoms with van der Waals surface area (Å²) in [7, 11) is -3.43. The van der Waals surface area contributed by atoms with Gasteiger partial charge in [-0.15, -0.1) is 0 Å². The predicted octanol–water partition coefficient (Wildman–Crippen LogP) is 1.60. The van der Waals surface area contributed by atoms with Crippen LogP contribution in [0.25, 0.3) is 11.0 Å². The Balaban J connectivity index is 1.48. The van der Waals surface area contributed by atoms with E-state index in [1.165, 1.54) is 12.1 Å². The zero-order valence-electron chi connectivity index (χ0n) is 13.9. The van der Waals surface area contributed by atoms with Gasteiger partial charge in [-0.2, -0.15) is 8.42 Å². The van der Waals surface area contributed by atoms with E-state index in [1.807, 2.05) is 0 Å². The first-order chi connectivity index (χ1) is 11.9. The van der Waals surface area contributed by atoms with Crippen LogP contribution in [-0.2, 0) is 14.3 Å². The van der Waals surface area contributed by atoms with Crippen LogP contribution in [-0.4, -0.2) is 63.1 Å². The highest BCUT2D eigenvalue weighted by atomic mass is 32.2. The van der Waals surface area contributed by atoms with E-state index in [0.717, 1.165) is 32.3 Å². The molecule has 9 heteroatoms. The molecule has 2 aliphatic heterocycles. The number of nitrogens with zero attached hydrogens (tertiary/aromatic N) is 3. The molecule has 7 nitrogen and oxygen atoms in total. The average molecular weight is 369 g/mol. The second kappa shape index (κ2) is 6.22. The van der Waals surface area contributed by atoms with E-state index in [9.17, 15) is 12.8 Å². The van der Waals surface area contributed by atoms with Gasteiger partial charge in [-0.05, 0) is 31.0 Å². The van der Waals surface area contributed by atoms with Crippen LogP contribution in [0.2, 0.25) is 0 Å². The molecule has 136 valence electrons. The number of benzene rings is 1. The second-order valence-corrected chi connectivity index (χ2v) is 8.34. The second-order valence-electron chi connectivity index (χ2n) is 6.74. The van der Waals surface area contributed by atoms with Crippen LogP contribution in [0.5, 0.6) is 0 Å². The van der Waals surface area contributed by atoms with E-state index in [4.69, 9.17) is 8.71 Å². The maximum absolute atomic E-state index is 13.5. The lowest BCUT2D eigenvalue weighted by molar-refractivity contribution is 0.0470. The molecule has 3 heterocycles. The molecule has 0 N–H and O–H groups in total. The van der Waals surface area contributed by atoms with E-state index in [1.54, 1.807) is 6.07 Å². The smallest absolute Gasteiger partial charge is 0.264 e. The summed E-state index contributed by atoms with van der Waals surface area (Å²) in [6.07, 6.45) is 2.36. The highest BCUT2D eigenvalue weighted by Gasteiger charge is 2.35. The number of aromatic nitrogens is 1. The van der Waals surface area contributed by atoms with Crippen molar-refractivity contribution in [3.63, 3.8) is 0 Å². The van der Waals surface area contributed by atoms with Crippen molar-refractivity contribution in [2.24, 2.45) is 0 Å². The number of rotatable bonds is 3. The molecule has 4 rings (SSSR count). The van der Waals surface area contributed by atoms with Crippen molar-refractivity contribution < 1.29 is 21.5 Å². The fourth-order valence-electron chi connectivity index (χ4n) is 3.78. The van der Waals surface area contributed by atoms with Crippen molar-refractivity contribution in [3.05, 3.63) is 24.0 Å². The minimum atomic E-state index is -3.43. The van der Waals surface area contributed by atoms with Crippen molar-refractivity contribution in [3.8, 4) is 0 Å². The van der Waals surface area contributed by atoms with Gasteiger partial charge in [-0.1, -0.05) is 5.16 Å². The summed E-state index contributed by atoms with van der Waals surface area (Å²) in [6, 6.07) is 4.70. The largest absolute Gasteiger partial charge is 0.354 e. The highest BCUT2D eigenvalue weighted by molar-refractivity contribution is 7.86. The maximum atomic E-state index is 13.5. The van der Waals surface area contributed by atoms with Crippen molar-refractivity contribution in [2.75, 3.05) is 37.3 Å². The minimum absolute atomic E-state index is 0.278. The zero-order valence-corrected chi connectivity index (χ0v) is 14.7. The molecule has 0 spiro atoms. The van der Waals surface area contributed by atoms with Gasteiger partial charge in [0.2, 0.25) is 0 Å². The van der Waals surface area contributed by atoms with E-state index < -0.39 is 10.1 Å². The Morgan fingerprint density at radius 3 is 2.92 bits per heavy atom. The van der Waals surface area contributed by atoms with Gasteiger partial charge >= 0.3 is 0 Å². The third kappa shape index (κ3) is 3.49. The molecular weight excluding hydrogens is 349 g/mol. The van der Waals surface area contributed by atoms with E-state index >= 15 is 0 Å². The third-order valence-electron chi connectivity index (χ3n) is 4.89. The normalized spacial score (nSPS) is 25.3. The van der Waals surface area contributed by atoms with E-state index in [2.05, 4.69) is 15.0 Å². The fourth-order valence-corrected chi connectivity index (χ4v) is 4.43. The quantitative estimate of drug-likeness (QED) is 0.761. The van der Waals surface area contributed by atoms with Gasteiger partial charge in [0.15, 0.2) is 11.4 Å². The molecular formula is C16H20FN3O4S. The monoisotopic (exact) mass is 369 g/mol. The molecule has 0 saturated carbocycles. The Morgan fingerprint density at radius 2 is 2.12 bits per heavy atom. The number of anilines is 1. The fraction of sp³-hybridized carbons (Fsp3) is 0.562. The SMILES string of the molecule is CS(=O)(=O)O[C@@H]1CC[C@H]2CN(c3noc4ccc(F)cc34)CCN2C1. The summed E-state index contributed by atoms with van der Waals surface area (Å²) in [5.41, 5.74) is 0.573. The molecule has 0 unspecified atom stereocenters. The molecule has 1 aromatic heterocycles. The van der Waals surface area contributed by atoms with Gasteiger partial charge < -0.3 is 9.42 Å². The molecule has 2 saturated heterocycles. The van der Waals surface area contributed by atoms with Gasteiger partial charge in [0.25, 0.3) is 10.1 Å². The summed E-state index contributed by atoms with van der Waals surface area (Å²) >= 11 is 0. The molecule has 0 radical (unpaired) electrons. The standard InChI is InChI=1S/C16H20FN3O4S/c1-25(21,22)24-13-4-3-12-9-20(7-6-19(12)10-13)16-14-8-11(17)2-5-15(14)23-18-16/h2,5,8,12-13H,3-4,6-7,9-10H2,1H3/t12-,13+/m0/s1.